The van der Waals surface area contributed by atoms with Gasteiger partial charge in [-0.3, -0.25) is 10.1 Å². The van der Waals surface area contributed by atoms with Gasteiger partial charge in [-0.05, 0) is 17.7 Å². The van der Waals surface area contributed by atoms with Gasteiger partial charge in [0.15, 0.2) is 0 Å². The molecule has 1 aromatic carbocycles. The van der Waals surface area contributed by atoms with Crippen molar-refractivity contribution in [2.45, 2.75) is 13.0 Å². The fourth-order valence-corrected chi connectivity index (χ4v) is 2.53. The van der Waals surface area contributed by atoms with Crippen molar-refractivity contribution in [3.8, 4) is 18.1 Å². The second-order valence-electron chi connectivity index (χ2n) is 4.24. The topological polar surface area (TPSA) is 50.4 Å². The van der Waals surface area contributed by atoms with Crippen LogP contribution in [0.25, 0.3) is 0 Å². The quantitative estimate of drug-likeness (QED) is 0.633. The molecule has 4 nitrogen and oxygen atoms in total. The molecular weight excluding hydrogens is 308 g/mol. The zero-order valence-corrected chi connectivity index (χ0v) is 12.0. The van der Waals surface area contributed by atoms with Crippen LogP contribution in [0.4, 0.5) is 0 Å². The number of fused-ring (bicyclic) bond motifs is 1. The Hall–Kier alpha value is -1.51. The molecule has 0 bridgehead atoms. The Labute approximate surface area is 121 Å². The fourth-order valence-electron chi connectivity index (χ4n) is 1.98. The zero-order chi connectivity index (χ0) is 13.7. The Kier molecular flexibility index (Phi) is 4.83. The Morgan fingerprint density at radius 1 is 1.53 bits per heavy atom. The number of amides is 1. The minimum Gasteiger partial charge on any atom is -0.493 e. The van der Waals surface area contributed by atoms with Crippen molar-refractivity contribution in [3.05, 3.63) is 27.7 Å². The average molecular weight is 323 g/mol. The Morgan fingerprint density at radius 2 is 2.37 bits per heavy atom. The highest BCUT2D eigenvalue weighted by Crippen LogP contribution is 2.32. The van der Waals surface area contributed by atoms with E-state index in [1.165, 1.54) is 5.56 Å². The van der Waals surface area contributed by atoms with E-state index in [-0.39, 0.29) is 12.5 Å². The molecule has 2 rings (SSSR count). The van der Waals surface area contributed by atoms with Crippen LogP contribution in [0.1, 0.15) is 11.1 Å². The first-order chi connectivity index (χ1) is 9.20. The molecule has 1 heterocycles. The smallest absolute Gasteiger partial charge is 0.234 e. The van der Waals surface area contributed by atoms with Gasteiger partial charge in [-0.25, -0.2) is 0 Å². The Morgan fingerprint density at radius 3 is 3.16 bits per heavy atom. The van der Waals surface area contributed by atoms with Gasteiger partial charge in [0.25, 0.3) is 0 Å². The second-order valence-corrected chi connectivity index (χ2v) is 5.15. The van der Waals surface area contributed by atoms with Crippen molar-refractivity contribution in [1.82, 2.24) is 10.6 Å². The number of terminal acetylenes is 1. The second kappa shape index (κ2) is 6.60. The predicted octanol–water partition coefficient (Wildman–Crippen LogP) is 1.22. The number of hydrogen-bond donors (Lipinski definition) is 2. The van der Waals surface area contributed by atoms with Gasteiger partial charge in [-0.2, -0.15) is 0 Å². The molecule has 0 fully saturated rings. The van der Waals surface area contributed by atoms with E-state index in [1.807, 2.05) is 6.07 Å². The molecular formula is C14H15BrN2O2. The van der Waals surface area contributed by atoms with Crippen molar-refractivity contribution >= 4 is 21.8 Å². The van der Waals surface area contributed by atoms with Crippen molar-refractivity contribution < 1.29 is 9.53 Å². The maximum atomic E-state index is 11.6. The van der Waals surface area contributed by atoms with Gasteiger partial charge in [0.2, 0.25) is 5.91 Å². The number of hydrogen-bond acceptors (Lipinski definition) is 3. The molecule has 0 saturated carbocycles. The molecule has 2 N–H and O–H groups in total. The van der Waals surface area contributed by atoms with Crippen molar-refractivity contribution in [2.75, 3.05) is 19.7 Å². The number of ether oxygens (including phenoxy) is 1. The maximum Gasteiger partial charge on any atom is 0.234 e. The summed E-state index contributed by atoms with van der Waals surface area (Å²) >= 11 is 3.47. The van der Waals surface area contributed by atoms with Crippen LogP contribution >= 0.6 is 15.9 Å². The summed E-state index contributed by atoms with van der Waals surface area (Å²) in [6.45, 7) is 1.78. The van der Waals surface area contributed by atoms with Crippen molar-refractivity contribution in [1.29, 1.82) is 0 Å². The van der Waals surface area contributed by atoms with Crippen LogP contribution in [0.2, 0.25) is 0 Å². The first-order valence-corrected chi connectivity index (χ1v) is 6.85. The van der Waals surface area contributed by atoms with Crippen molar-refractivity contribution in [3.63, 3.8) is 0 Å². The lowest BCUT2D eigenvalue weighted by Gasteiger charge is -2.10. The fraction of sp³-hybridized carbons (Fsp3) is 0.357. The summed E-state index contributed by atoms with van der Waals surface area (Å²) in [6, 6.07) is 4.03. The van der Waals surface area contributed by atoms with E-state index in [2.05, 4.69) is 38.6 Å². The number of carbonyl (C=O) groups is 1. The molecule has 0 aromatic heterocycles. The number of halogens is 1. The van der Waals surface area contributed by atoms with Crippen LogP contribution in [0.3, 0.4) is 0 Å². The van der Waals surface area contributed by atoms with Gasteiger partial charge in [-0.15, -0.1) is 6.42 Å². The van der Waals surface area contributed by atoms with Gasteiger partial charge in [-0.1, -0.05) is 21.9 Å². The molecule has 0 unspecified atom stereocenters. The third kappa shape index (κ3) is 3.72. The van der Waals surface area contributed by atoms with E-state index >= 15 is 0 Å². The third-order valence-electron chi connectivity index (χ3n) is 2.81. The summed E-state index contributed by atoms with van der Waals surface area (Å²) < 4.78 is 6.61. The molecule has 19 heavy (non-hydrogen) atoms. The van der Waals surface area contributed by atoms with E-state index < -0.39 is 0 Å². The molecule has 0 saturated heterocycles. The lowest BCUT2D eigenvalue weighted by atomic mass is 10.1. The SMILES string of the molecule is C#CCNCC(=O)NCc1cc(Br)cc2c1OCC2. The van der Waals surface area contributed by atoms with E-state index in [0.29, 0.717) is 19.7 Å². The minimum atomic E-state index is -0.0815. The van der Waals surface area contributed by atoms with E-state index in [4.69, 9.17) is 11.2 Å². The number of rotatable bonds is 5. The normalized spacial score (nSPS) is 12.4. The van der Waals surface area contributed by atoms with Crippen LogP contribution in [0, 0.1) is 12.3 Å². The Bertz CT molecular complexity index is 523. The molecule has 1 amide bonds. The van der Waals surface area contributed by atoms with E-state index in [0.717, 1.165) is 22.2 Å². The first-order valence-electron chi connectivity index (χ1n) is 6.05. The van der Waals surface area contributed by atoms with Gasteiger partial charge < -0.3 is 10.1 Å². The summed E-state index contributed by atoms with van der Waals surface area (Å²) in [7, 11) is 0. The highest BCUT2D eigenvalue weighted by Gasteiger charge is 2.17. The van der Waals surface area contributed by atoms with Gasteiger partial charge in [0.1, 0.15) is 5.75 Å². The lowest BCUT2D eigenvalue weighted by molar-refractivity contribution is -0.120. The number of carbonyl (C=O) groups excluding carboxylic acids is 1. The van der Waals surface area contributed by atoms with Crippen molar-refractivity contribution in [2.24, 2.45) is 0 Å². The largest absolute Gasteiger partial charge is 0.493 e. The summed E-state index contributed by atoms with van der Waals surface area (Å²) in [6.07, 6.45) is 6.01. The number of nitrogens with one attached hydrogen (secondary N) is 2. The summed E-state index contributed by atoms with van der Waals surface area (Å²) in [5.74, 6) is 3.24. The minimum absolute atomic E-state index is 0.0815. The van der Waals surface area contributed by atoms with Crippen LogP contribution in [-0.4, -0.2) is 25.6 Å². The molecule has 1 aromatic rings. The van der Waals surface area contributed by atoms with E-state index in [9.17, 15) is 4.79 Å². The molecule has 0 atom stereocenters. The van der Waals surface area contributed by atoms with Gasteiger partial charge in [0.05, 0.1) is 19.7 Å². The highest BCUT2D eigenvalue weighted by atomic mass is 79.9. The average Bonchev–Trinajstić information content (AvgIpc) is 2.84. The summed E-state index contributed by atoms with van der Waals surface area (Å²) in [5.41, 5.74) is 2.18. The lowest BCUT2D eigenvalue weighted by Crippen LogP contribution is -2.33. The van der Waals surface area contributed by atoms with Crippen LogP contribution in [0.15, 0.2) is 16.6 Å². The summed E-state index contributed by atoms with van der Waals surface area (Å²) in [4.78, 5) is 11.6. The van der Waals surface area contributed by atoms with E-state index in [1.54, 1.807) is 0 Å². The third-order valence-corrected chi connectivity index (χ3v) is 3.27. The molecule has 0 radical (unpaired) electrons. The molecule has 1 aliphatic rings. The van der Waals surface area contributed by atoms with Gasteiger partial charge >= 0.3 is 0 Å². The molecule has 5 heteroatoms. The molecule has 0 spiro atoms. The highest BCUT2D eigenvalue weighted by molar-refractivity contribution is 9.10. The predicted molar refractivity (Wildman–Crippen MR) is 76.9 cm³/mol. The number of benzene rings is 1. The first kappa shape index (κ1) is 13.9. The van der Waals surface area contributed by atoms with Gasteiger partial charge in [0, 0.05) is 23.0 Å². The van der Waals surface area contributed by atoms with Crippen LogP contribution in [0.5, 0.6) is 5.75 Å². The molecule has 0 aliphatic carbocycles. The van der Waals surface area contributed by atoms with Crippen LogP contribution in [-0.2, 0) is 17.8 Å². The van der Waals surface area contributed by atoms with Crippen LogP contribution < -0.4 is 15.4 Å². The standard InChI is InChI=1S/C14H15BrN2O2/c1-2-4-16-9-13(18)17-8-11-7-12(15)6-10-3-5-19-14(10)11/h1,6-7,16H,3-5,8-9H2,(H,17,18). The zero-order valence-electron chi connectivity index (χ0n) is 10.5. The Balaban J connectivity index is 1.93. The monoisotopic (exact) mass is 322 g/mol. The maximum absolute atomic E-state index is 11.6. The summed E-state index contributed by atoms with van der Waals surface area (Å²) in [5, 5.41) is 5.69. The molecule has 1 aliphatic heterocycles. The molecule has 100 valence electrons.